The van der Waals surface area contributed by atoms with Gasteiger partial charge in [-0.25, -0.2) is 4.39 Å². The molecule has 194 valence electrons. The van der Waals surface area contributed by atoms with Crippen LogP contribution in [0.15, 0.2) is 72.8 Å². The molecule has 0 bridgehead atoms. The molecular weight excluding hydrogens is 510 g/mol. The van der Waals surface area contributed by atoms with E-state index in [4.69, 9.17) is 23.2 Å². The van der Waals surface area contributed by atoms with E-state index in [0.29, 0.717) is 27.6 Å². The fourth-order valence-electron chi connectivity index (χ4n) is 4.83. The lowest BCUT2D eigenvalue weighted by Gasteiger charge is -2.34. The second-order valence-corrected chi connectivity index (χ2v) is 10.4. The van der Waals surface area contributed by atoms with Crippen LogP contribution in [-0.4, -0.2) is 28.8 Å². The number of carbonyl (C=O) groups excluding carboxylic acids is 2. The third-order valence-corrected chi connectivity index (χ3v) is 7.59. The Morgan fingerprint density at radius 2 is 1.51 bits per heavy atom. The standard InChI is InChI=1S/C30H31Cl2FN2O2/c31-26-12-7-13-27(32)25(26)20-35(29(36)19-22-14-16-23(33)17-15-22)28(18-21-8-3-1-4-9-21)30(37)34-24-10-5-2-6-11-24/h1,3-4,7-9,12-17,24,28H,2,5-6,10-11,18-20H2,(H,34,37)/t28-/m0/s1. The molecule has 0 radical (unpaired) electrons. The molecule has 0 saturated heterocycles. The van der Waals surface area contributed by atoms with E-state index in [-0.39, 0.29) is 36.6 Å². The van der Waals surface area contributed by atoms with Crippen LogP contribution < -0.4 is 5.32 Å². The van der Waals surface area contributed by atoms with Crippen LogP contribution in [0.3, 0.4) is 0 Å². The number of benzene rings is 3. The molecule has 3 aromatic carbocycles. The third-order valence-electron chi connectivity index (χ3n) is 6.88. The van der Waals surface area contributed by atoms with Crippen LogP contribution in [0.4, 0.5) is 4.39 Å². The lowest BCUT2D eigenvalue weighted by molar-refractivity contribution is -0.141. The number of hydrogen-bond donors (Lipinski definition) is 1. The summed E-state index contributed by atoms with van der Waals surface area (Å²) in [7, 11) is 0. The molecule has 0 unspecified atom stereocenters. The SMILES string of the molecule is O=C(NC1CCCCC1)[C@H](Cc1ccccc1)N(Cc1c(Cl)cccc1Cl)C(=O)Cc1ccc(F)cc1. The van der Waals surface area contributed by atoms with Crippen molar-refractivity contribution in [3.05, 3.63) is 105 Å². The van der Waals surface area contributed by atoms with Gasteiger partial charge in [-0.3, -0.25) is 9.59 Å². The highest BCUT2D eigenvalue weighted by Gasteiger charge is 2.32. The number of nitrogens with zero attached hydrogens (tertiary/aromatic N) is 1. The minimum Gasteiger partial charge on any atom is -0.352 e. The number of carbonyl (C=O) groups is 2. The maximum absolute atomic E-state index is 13.8. The Bertz CT molecular complexity index is 1180. The molecule has 0 aromatic heterocycles. The van der Waals surface area contributed by atoms with E-state index in [0.717, 1.165) is 31.2 Å². The van der Waals surface area contributed by atoms with Crippen molar-refractivity contribution in [3.8, 4) is 0 Å². The van der Waals surface area contributed by atoms with Gasteiger partial charge < -0.3 is 10.2 Å². The molecule has 2 amide bonds. The van der Waals surface area contributed by atoms with E-state index in [1.165, 1.54) is 18.6 Å². The molecule has 0 heterocycles. The predicted molar refractivity (Wildman–Crippen MR) is 146 cm³/mol. The first-order valence-corrected chi connectivity index (χ1v) is 13.5. The van der Waals surface area contributed by atoms with E-state index in [2.05, 4.69) is 5.32 Å². The van der Waals surface area contributed by atoms with Gasteiger partial charge in [0.25, 0.3) is 0 Å². The highest BCUT2D eigenvalue weighted by Crippen LogP contribution is 2.28. The molecule has 1 saturated carbocycles. The number of nitrogens with one attached hydrogen (secondary N) is 1. The molecule has 0 aliphatic heterocycles. The molecule has 3 aromatic rings. The minimum atomic E-state index is -0.774. The zero-order valence-corrected chi connectivity index (χ0v) is 22.1. The number of rotatable bonds is 9. The summed E-state index contributed by atoms with van der Waals surface area (Å²) in [5, 5.41) is 4.07. The van der Waals surface area contributed by atoms with E-state index in [1.54, 1.807) is 35.2 Å². The minimum absolute atomic E-state index is 0.0182. The summed E-state index contributed by atoms with van der Waals surface area (Å²) in [5.74, 6) is -0.821. The fraction of sp³-hybridized carbons (Fsp3) is 0.333. The summed E-state index contributed by atoms with van der Waals surface area (Å²) in [6.07, 6.45) is 5.56. The highest BCUT2D eigenvalue weighted by atomic mass is 35.5. The van der Waals surface area contributed by atoms with Crippen molar-refractivity contribution in [2.75, 3.05) is 0 Å². The summed E-state index contributed by atoms with van der Waals surface area (Å²) in [6, 6.07) is 20.0. The van der Waals surface area contributed by atoms with Gasteiger partial charge in [0.05, 0.1) is 6.42 Å². The second-order valence-electron chi connectivity index (χ2n) is 9.57. The zero-order valence-electron chi connectivity index (χ0n) is 20.6. The molecule has 37 heavy (non-hydrogen) atoms. The van der Waals surface area contributed by atoms with Crippen molar-refractivity contribution >= 4 is 35.0 Å². The predicted octanol–water partition coefficient (Wildman–Crippen LogP) is 6.76. The van der Waals surface area contributed by atoms with Gasteiger partial charge in [0, 0.05) is 34.6 Å². The van der Waals surface area contributed by atoms with Crippen LogP contribution in [0.25, 0.3) is 0 Å². The Hall–Kier alpha value is -2.89. The van der Waals surface area contributed by atoms with E-state index >= 15 is 0 Å². The third kappa shape index (κ3) is 7.56. The monoisotopic (exact) mass is 540 g/mol. The first-order valence-electron chi connectivity index (χ1n) is 12.7. The zero-order chi connectivity index (χ0) is 26.2. The number of amides is 2. The second kappa shape index (κ2) is 13.1. The largest absolute Gasteiger partial charge is 0.352 e. The molecule has 1 atom stereocenters. The van der Waals surface area contributed by atoms with Gasteiger partial charge in [-0.15, -0.1) is 0 Å². The van der Waals surface area contributed by atoms with Gasteiger partial charge in [0.2, 0.25) is 11.8 Å². The van der Waals surface area contributed by atoms with Crippen LogP contribution in [-0.2, 0) is 29.0 Å². The van der Waals surface area contributed by atoms with Gasteiger partial charge in [-0.1, -0.05) is 91.0 Å². The Balaban J connectivity index is 1.68. The van der Waals surface area contributed by atoms with Crippen LogP contribution in [0.1, 0.15) is 48.8 Å². The van der Waals surface area contributed by atoms with Crippen molar-refractivity contribution in [1.82, 2.24) is 10.2 Å². The summed E-state index contributed by atoms with van der Waals surface area (Å²) in [4.78, 5) is 29.2. The molecular formula is C30H31Cl2FN2O2. The Morgan fingerprint density at radius 1 is 0.865 bits per heavy atom. The number of halogens is 3. The van der Waals surface area contributed by atoms with Crippen LogP contribution in [0.2, 0.25) is 10.0 Å². The maximum Gasteiger partial charge on any atom is 0.243 e. The van der Waals surface area contributed by atoms with E-state index in [1.807, 2.05) is 30.3 Å². The maximum atomic E-state index is 13.8. The summed E-state index contributed by atoms with van der Waals surface area (Å²) < 4.78 is 13.5. The topological polar surface area (TPSA) is 49.4 Å². The summed E-state index contributed by atoms with van der Waals surface area (Å²) in [5.41, 5.74) is 2.19. The Morgan fingerprint density at radius 3 is 2.16 bits per heavy atom. The van der Waals surface area contributed by atoms with Crippen molar-refractivity contribution in [2.24, 2.45) is 0 Å². The molecule has 1 aliphatic carbocycles. The van der Waals surface area contributed by atoms with Crippen molar-refractivity contribution in [1.29, 1.82) is 0 Å². The molecule has 1 N–H and O–H groups in total. The Labute approximate surface area is 227 Å². The van der Waals surface area contributed by atoms with Crippen LogP contribution in [0.5, 0.6) is 0 Å². The highest BCUT2D eigenvalue weighted by molar-refractivity contribution is 6.36. The first-order chi connectivity index (χ1) is 17.9. The van der Waals surface area contributed by atoms with Crippen LogP contribution >= 0.6 is 23.2 Å². The lowest BCUT2D eigenvalue weighted by Crippen LogP contribution is -2.53. The van der Waals surface area contributed by atoms with Gasteiger partial charge in [-0.2, -0.15) is 0 Å². The van der Waals surface area contributed by atoms with E-state index in [9.17, 15) is 14.0 Å². The smallest absolute Gasteiger partial charge is 0.243 e. The summed E-state index contributed by atoms with van der Waals surface area (Å²) in [6.45, 7) is 0.0775. The molecule has 4 nitrogen and oxygen atoms in total. The quantitative estimate of drug-likeness (QED) is 0.325. The molecule has 4 rings (SSSR count). The van der Waals surface area contributed by atoms with E-state index < -0.39 is 6.04 Å². The first kappa shape index (κ1) is 27.2. The van der Waals surface area contributed by atoms with Gasteiger partial charge in [0.15, 0.2) is 0 Å². The normalized spacial score (nSPS) is 14.7. The van der Waals surface area contributed by atoms with Crippen LogP contribution in [0, 0.1) is 5.82 Å². The molecule has 1 fully saturated rings. The van der Waals surface area contributed by atoms with Crippen molar-refractivity contribution in [3.63, 3.8) is 0 Å². The van der Waals surface area contributed by atoms with Crippen molar-refractivity contribution < 1.29 is 14.0 Å². The molecule has 7 heteroatoms. The molecule has 1 aliphatic rings. The van der Waals surface area contributed by atoms with Crippen molar-refractivity contribution in [2.45, 2.75) is 63.6 Å². The van der Waals surface area contributed by atoms with Gasteiger partial charge >= 0.3 is 0 Å². The summed E-state index contributed by atoms with van der Waals surface area (Å²) >= 11 is 13.0. The molecule has 0 spiro atoms. The van der Waals surface area contributed by atoms with Gasteiger partial charge in [0.1, 0.15) is 11.9 Å². The lowest BCUT2D eigenvalue weighted by atomic mass is 9.94. The fourth-order valence-corrected chi connectivity index (χ4v) is 5.35. The average Bonchev–Trinajstić information content (AvgIpc) is 2.90. The Kier molecular flexibility index (Phi) is 9.59. The van der Waals surface area contributed by atoms with Gasteiger partial charge in [-0.05, 0) is 48.2 Å². The number of hydrogen-bond acceptors (Lipinski definition) is 2. The average molecular weight is 541 g/mol.